The first-order valence-electron chi connectivity index (χ1n) is 8.81. The Labute approximate surface area is 150 Å². The summed E-state index contributed by atoms with van der Waals surface area (Å²) in [5.41, 5.74) is 1.07. The van der Waals surface area contributed by atoms with Crippen molar-refractivity contribution in [2.45, 2.75) is 39.0 Å². The lowest BCUT2D eigenvalue weighted by Gasteiger charge is -2.15. The predicted molar refractivity (Wildman–Crippen MR) is 94.0 cm³/mol. The Bertz CT molecular complexity index is 744. The summed E-state index contributed by atoms with van der Waals surface area (Å²) in [6.07, 6.45) is 8.13. The molecular formula is C18H21N3O3S. The molecule has 0 spiro atoms. The van der Waals surface area contributed by atoms with Crippen LogP contribution < -0.4 is 5.32 Å². The molecule has 0 saturated carbocycles. The molecule has 1 aromatic heterocycles. The molecule has 1 saturated heterocycles. The molecule has 1 fully saturated rings. The Morgan fingerprint density at radius 2 is 1.96 bits per heavy atom. The second-order valence-corrected chi connectivity index (χ2v) is 8.29. The summed E-state index contributed by atoms with van der Waals surface area (Å²) < 4.78 is 0. The van der Waals surface area contributed by atoms with E-state index in [9.17, 15) is 14.4 Å². The molecule has 0 aromatic carbocycles. The maximum atomic E-state index is 12.4. The van der Waals surface area contributed by atoms with Gasteiger partial charge in [0.1, 0.15) is 6.54 Å². The van der Waals surface area contributed by atoms with Crippen LogP contribution in [0.5, 0.6) is 0 Å². The van der Waals surface area contributed by atoms with Gasteiger partial charge < -0.3 is 5.32 Å². The number of nitrogens with one attached hydrogen (secondary N) is 1. The van der Waals surface area contributed by atoms with Crippen molar-refractivity contribution in [3.8, 4) is 0 Å². The van der Waals surface area contributed by atoms with Crippen LogP contribution in [0, 0.1) is 17.8 Å². The average molecular weight is 359 g/mol. The normalized spacial score (nSPS) is 28.0. The number of thiazole rings is 1. The first-order valence-corrected chi connectivity index (χ1v) is 9.63. The Balaban J connectivity index is 1.41. The number of rotatable bonds is 3. The average Bonchev–Trinajstić information content (AvgIpc) is 3.09. The topological polar surface area (TPSA) is 79.4 Å². The highest BCUT2D eigenvalue weighted by atomic mass is 32.1. The smallest absolute Gasteiger partial charge is 0.246 e. The van der Waals surface area contributed by atoms with Gasteiger partial charge in [-0.3, -0.25) is 19.3 Å². The number of hydrogen-bond donors (Lipinski definition) is 1. The molecule has 0 unspecified atom stereocenters. The number of fused-ring (bicyclic) bond motifs is 2. The molecule has 132 valence electrons. The van der Waals surface area contributed by atoms with E-state index in [-0.39, 0.29) is 36.1 Å². The fourth-order valence-corrected chi connectivity index (χ4v) is 5.11. The number of carbonyl (C=O) groups is 3. The van der Waals surface area contributed by atoms with Gasteiger partial charge in [-0.2, -0.15) is 0 Å². The minimum Gasteiger partial charge on any atom is -0.300 e. The lowest BCUT2D eigenvalue weighted by molar-refractivity contribution is -0.142. The number of imide groups is 1. The lowest BCUT2D eigenvalue weighted by Crippen LogP contribution is -2.38. The van der Waals surface area contributed by atoms with E-state index in [1.807, 2.05) is 12.2 Å². The third-order valence-corrected chi connectivity index (χ3v) is 6.37. The molecule has 7 heteroatoms. The number of aryl methyl sites for hydroxylation is 1. The quantitative estimate of drug-likeness (QED) is 0.662. The van der Waals surface area contributed by atoms with Crippen molar-refractivity contribution in [1.29, 1.82) is 0 Å². The van der Waals surface area contributed by atoms with E-state index in [1.54, 1.807) is 0 Å². The van der Waals surface area contributed by atoms with Gasteiger partial charge in [0.15, 0.2) is 5.13 Å². The Hall–Kier alpha value is -2.02. The van der Waals surface area contributed by atoms with Crippen molar-refractivity contribution < 1.29 is 14.4 Å². The summed E-state index contributed by atoms with van der Waals surface area (Å²) in [5, 5.41) is 3.34. The van der Waals surface area contributed by atoms with Crippen LogP contribution in [-0.2, 0) is 27.2 Å². The fraction of sp³-hybridized carbons (Fsp3) is 0.556. The zero-order valence-electron chi connectivity index (χ0n) is 14.2. The van der Waals surface area contributed by atoms with Crippen LogP contribution in [0.4, 0.5) is 5.13 Å². The third-order valence-electron chi connectivity index (χ3n) is 5.33. The zero-order valence-corrected chi connectivity index (χ0v) is 15.0. The second kappa shape index (κ2) is 6.37. The summed E-state index contributed by atoms with van der Waals surface area (Å²) in [6.45, 7) is 2.01. The Morgan fingerprint density at radius 1 is 1.28 bits per heavy atom. The van der Waals surface area contributed by atoms with Crippen LogP contribution in [0.1, 0.15) is 36.8 Å². The lowest BCUT2D eigenvalue weighted by atomic mass is 9.85. The number of anilines is 1. The fourth-order valence-electron chi connectivity index (χ4n) is 3.92. The van der Waals surface area contributed by atoms with E-state index in [2.05, 4.69) is 17.2 Å². The van der Waals surface area contributed by atoms with Crippen LogP contribution >= 0.6 is 11.3 Å². The van der Waals surface area contributed by atoms with Gasteiger partial charge in [-0.05, 0) is 38.0 Å². The first-order chi connectivity index (χ1) is 12.0. The molecule has 1 aliphatic heterocycles. The van der Waals surface area contributed by atoms with Gasteiger partial charge in [-0.25, -0.2) is 4.98 Å². The zero-order chi connectivity index (χ0) is 17.6. The SMILES string of the molecule is C[C@H]1CCc2nc(NC(=O)CN3C(=O)[C@H]4CC=CC[C@H]4C3=O)sc2C1. The van der Waals surface area contributed by atoms with Crippen molar-refractivity contribution in [3.63, 3.8) is 0 Å². The van der Waals surface area contributed by atoms with E-state index in [0.29, 0.717) is 23.9 Å². The molecule has 3 amide bonds. The molecular weight excluding hydrogens is 338 g/mol. The van der Waals surface area contributed by atoms with E-state index in [1.165, 1.54) is 16.2 Å². The van der Waals surface area contributed by atoms with Crippen molar-refractivity contribution in [2.24, 2.45) is 17.8 Å². The molecule has 6 nitrogen and oxygen atoms in total. The minimum atomic E-state index is -0.354. The predicted octanol–water partition coefficient (Wildman–Crippen LogP) is 2.16. The number of likely N-dealkylation sites (tertiary alicyclic amines) is 1. The second-order valence-electron chi connectivity index (χ2n) is 7.20. The molecule has 3 atom stereocenters. The highest BCUT2D eigenvalue weighted by Gasteiger charge is 2.47. The minimum absolute atomic E-state index is 0.217. The van der Waals surface area contributed by atoms with E-state index < -0.39 is 0 Å². The maximum absolute atomic E-state index is 12.4. The van der Waals surface area contributed by atoms with E-state index >= 15 is 0 Å². The number of allylic oxidation sites excluding steroid dienone is 2. The van der Waals surface area contributed by atoms with Gasteiger partial charge in [-0.15, -0.1) is 11.3 Å². The van der Waals surface area contributed by atoms with Crippen LogP contribution in [0.2, 0.25) is 0 Å². The molecule has 2 heterocycles. The van der Waals surface area contributed by atoms with Crippen molar-refractivity contribution in [3.05, 3.63) is 22.7 Å². The van der Waals surface area contributed by atoms with Gasteiger partial charge in [0.25, 0.3) is 0 Å². The van der Waals surface area contributed by atoms with Crippen molar-refractivity contribution in [1.82, 2.24) is 9.88 Å². The number of nitrogens with zero attached hydrogens (tertiary/aromatic N) is 2. The maximum Gasteiger partial charge on any atom is 0.246 e. The van der Waals surface area contributed by atoms with Gasteiger partial charge in [0.2, 0.25) is 17.7 Å². The highest BCUT2D eigenvalue weighted by Crippen LogP contribution is 2.35. The monoisotopic (exact) mass is 359 g/mol. The number of amides is 3. The third kappa shape index (κ3) is 3.01. The summed E-state index contributed by atoms with van der Waals surface area (Å²) >= 11 is 1.51. The molecule has 4 rings (SSSR count). The Morgan fingerprint density at radius 3 is 2.64 bits per heavy atom. The summed E-state index contributed by atoms with van der Waals surface area (Å²) in [4.78, 5) is 44.0. The molecule has 1 N–H and O–H groups in total. The molecule has 3 aliphatic rings. The molecule has 0 radical (unpaired) electrons. The molecule has 0 bridgehead atoms. The Kier molecular flexibility index (Phi) is 4.19. The van der Waals surface area contributed by atoms with Crippen LogP contribution in [0.3, 0.4) is 0 Å². The summed E-state index contributed by atoms with van der Waals surface area (Å²) in [5.74, 6) is -0.734. The van der Waals surface area contributed by atoms with Crippen LogP contribution in [-0.4, -0.2) is 34.2 Å². The van der Waals surface area contributed by atoms with Gasteiger partial charge in [0, 0.05) is 4.88 Å². The number of hydrogen-bond acceptors (Lipinski definition) is 5. The van der Waals surface area contributed by atoms with Crippen molar-refractivity contribution >= 4 is 34.2 Å². The van der Waals surface area contributed by atoms with Crippen molar-refractivity contribution in [2.75, 3.05) is 11.9 Å². The highest BCUT2D eigenvalue weighted by molar-refractivity contribution is 7.15. The number of carbonyl (C=O) groups excluding carboxylic acids is 3. The van der Waals surface area contributed by atoms with Crippen LogP contribution in [0.15, 0.2) is 12.2 Å². The molecule has 1 aromatic rings. The molecule has 25 heavy (non-hydrogen) atoms. The standard InChI is InChI=1S/C18H21N3O3S/c1-10-6-7-13-14(8-10)25-18(19-13)20-15(22)9-21-16(23)11-4-2-3-5-12(11)17(21)24/h2-3,10-12H,4-9H2,1H3,(H,19,20,22)/t10-,11-,12+/m0/s1. The van der Waals surface area contributed by atoms with Gasteiger partial charge in [0.05, 0.1) is 17.5 Å². The van der Waals surface area contributed by atoms with E-state index in [4.69, 9.17) is 0 Å². The molecule has 2 aliphatic carbocycles. The summed E-state index contributed by atoms with van der Waals surface area (Å²) in [7, 11) is 0. The van der Waals surface area contributed by atoms with Gasteiger partial charge in [-0.1, -0.05) is 19.1 Å². The van der Waals surface area contributed by atoms with E-state index in [0.717, 1.165) is 29.9 Å². The first kappa shape index (κ1) is 16.4. The summed E-state index contributed by atoms with van der Waals surface area (Å²) in [6, 6.07) is 0. The van der Waals surface area contributed by atoms with Crippen LogP contribution in [0.25, 0.3) is 0 Å². The largest absolute Gasteiger partial charge is 0.300 e. The van der Waals surface area contributed by atoms with Gasteiger partial charge >= 0.3 is 0 Å². The number of aromatic nitrogens is 1.